The van der Waals surface area contributed by atoms with Crippen LogP contribution in [0.4, 0.5) is 17.6 Å². The van der Waals surface area contributed by atoms with E-state index >= 15 is 0 Å². The van der Waals surface area contributed by atoms with E-state index in [4.69, 9.17) is 0 Å². The summed E-state index contributed by atoms with van der Waals surface area (Å²) in [5, 5.41) is 0. The van der Waals surface area contributed by atoms with Gasteiger partial charge in [0.2, 0.25) is 0 Å². The molecule has 0 saturated carbocycles. The Kier molecular flexibility index (Phi) is 4.30. The van der Waals surface area contributed by atoms with Crippen LogP contribution in [-0.2, 0) is 0 Å². The molecule has 0 nitrogen and oxygen atoms in total. The van der Waals surface area contributed by atoms with E-state index in [1.165, 1.54) is 18.2 Å². The van der Waals surface area contributed by atoms with E-state index in [-0.39, 0.29) is 10.0 Å². The van der Waals surface area contributed by atoms with Gasteiger partial charge in [0.15, 0.2) is 0 Å². The van der Waals surface area contributed by atoms with E-state index < -0.39 is 28.1 Å². The number of hydrogen-bond donors (Lipinski definition) is 0. The molecule has 0 aliphatic rings. The van der Waals surface area contributed by atoms with Crippen LogP contribution in [0.5, 0.6) is 0 Å². The Hall–Kier alpha value is -0.880. The van der Waals surface area contributed by atoms with Gasteiger partial charge in [-0.25, -0.2) is 17.6 Å². The molecule has 0 aliphatic carbocycles. The molecule has 0 fully saturated rings. The fraction of sp³-hybridized carbons (Fsp3) is 0.0769. The van der Waals surface area contributed by atoms with Gasteiger partial charge in [-0.15, -0.1) is 0 Å². The average molecular weight is 398 g/mol. The van der Waals surface area contributed by atoms with Crippen LogP contribution in [0.25, 0.3) is 0 Å². The fourth-order valence-electron chi connectivity index (χ4n) is 1.63. The zero-order chi connectivity index (χ0) is 14.2. The summed E-state index contributed by atoms with van der Waals surface area (Å²) >= 11 is 6.13. The largest absolute Gasteiger partial charge is 0.207 e. The number of rotatable bonds is 2. The lowest BCUT2D eigenvalue weighted by Crippen LogP contribution is -2.02. The van der Waals surface area contributed by atoms with Crippen molar-refractivity contribution >= 4 is 31.9 Å². The van der Waals surface area contributed by atoms with Crippen LogP contribution in [0.3, 0.4) is 0 Å². The first-order chi connectivity index (χ1) is 8.90. The summed E-state index contributed by atoms with van der Waals surface area (Å²) in [6, 6.07) is 5.17. The fourth-order valence-corrected chi connectivity index (χ4v) is 2.75. The molecule has 2 aromatic carbocycles. The lowest BCUT2D eigenvalue weighted by molar-refractivity contribution is 0.527. The van der Waals surface area contributed by atoms with Gasteiger partial charge >= 0.3 is 0 Å². The van der Waals surface area contributed by atoms with Crippen molar-refractivity contribution in [2.45, 2.75) is 4.83 Å². The molecule has 0 heterocycles. The number of benzene rings is 2. The molecule has 2 aromatic rings. The molecule has 0 amide bonds. The zero-order valence-corrected chi connectivity index (χ0v) is 12.4. The Morgan fingerprint density at radius 3 is 1.95 bits per heavy atom. The predicted octanol–water partition coefficient (Wildman–Crippen LogP) is 5.49. The molecule has 0 aromatic heterocycles. The third kappa shape index (κ3) is 3.00. The topological polar surface area (TPSA) is 0 Å². The van der Waals surface area contributed by atoms with Gasteiger partial charge in [0, 0.05) is 17.7 Å². The maximum Gasteiger partial charge on any atom is 0.137 e. The first-order valence-corrected chi connectivity index (χ1v) is 6.84. The van der Waals surface area contributed by atoms with Gasteiger partial charge in [0.05, 0.1) is 9.30 Å². The molecule has 6 heteroatoms. The van der Waals surface area contributed by atoms with Gasteiger partial charge in [-0.2, -0.15) is 0 Å². The minimum absolute atomic E-state index is 0.178. The normalized spacial score (nSPS) is 12.5. The lowest BCUT2D eigenvalue weighted by Gasteiger charge is -2.13. The third-order valence-corrected chi connectivity index (χ3v) is 4.13. The first kappa shape index (κ1) is 14.5. The van der Waals surface area contributed by atoms with Crippen molar-refractivity contribution < 1.29 is 17.6 Å². The molecule has 2 rings (SSSR count). The monoisotopic (exact) mass is 396 g/mol. The van der Waals surface area contributed by atoms with Crippen molar-refractivity contribution in [2.24, 2.45) is 0 Å². The van der Waals surface area contributed by atoms with Crippen molar-refractivity contribution in [3.05, 3.63) is 69.2 Å². The van der Waals surface area contributed by atoms with Crippen LogP contribution in [0, 0.1) is 23.3 Å². The molecule has 19 heavy (non-hydrogen) atoms. The highest BCUT2D eigenvalue weighted by molar-refractivity contribution is 9.10. The summed E-state index contributed by atoms with van der Waals surface area (Å²) in [5.41, 5.74) is 0.123. The molecule has 1 unspecified atom stereocenters. The SMILES string of the molecule is Fc1cc(F)c(C(Br)c2ccc(F)c(Br)c2)c(F)c1. The van der Waals surface area contributed by atoms with Gasteiger partial charge in [-0.3, -0.25) is 0 Å². The third-order valence-electron chi connectivity index (χ3n) is 2.53. The molecule has 0 saturated heterocycles. The summed E-state index contributed by atoms with van der Waals surface area (Å²) in [6.45, 7) is 0. The Morgan fingerprint density at radius 1 is 0.842 bits per heavy atom. The Balaban J connectivity index is 2.49. The standard InChI is InChI=1S/C13H6Br2F4/c14-8-3-6(1-2-9(8)17)13(15)12-10(18)4-7(16)5-11(12)19/h1-5,13H. The minimum Gasteiger partial charge on any atom is -0.207 e. The van der Waals surface area contributed by atoms with Gasteiger partial charge in [-0.05, 0) is 33.6 Å². The van der Waals surface area contributed by atoms with E-state index in [0.29, 0.717) is 17.7 Å². The molecule has 0 spiro atoms. The summed E-state index contributed by atoms with van der Waals surface area (Å²) in [6.07, 6.45) is 0. The van der Waals surface area contributed by atoms with Crippen LogP contribution in [-0.4, -0.2) is 0 Å². The second-order valence-electron chi connectivity index (χ2n) is 3.82. The molecule has 0 N–H and O–H groups in total. The van der Waals surface area contributed by atoms with Crippen LogP contribution < -0.4 is 0 Å². The summed E-state index contributed by atoms with van der Waals surface area (Å²) in [5.74, 6) is -3.47. The quantitative estimate of drug-likeness (QED) is 0.464. The van der Waals surface area contributed by atoms with E-state index in [0.717, 1.165) is 0 Å². The van der Waals surface area contributed by atoms with Crippen LogP contribution in [0.1, 0.15) is 16.0 Å². The van der Waals surface area contributed by atoms with Crippen molar-refractivity contribution in [1.29, 1.82) is 0 Å². The van der Waals surface area contributed by atoms with Gasteiger partial charge in [0.25, 0.3) is 0 Å². The lowest BCUT2D eigenvalue weighted by atomic mass is 10.0. The predicted molar refractivity (Wildman–Crippen MR) is 71.2 cm³/mol. The number of hydrogen-bond acceptors (Lipinski definition) is 0. The van der Waals surface area contributed by atoms with E-state index in [2.05, 4.69) is 31.9 Å². The molecule has 100 valence electrons. The smallest absolute Gasteiger partial charge is 0.137 e. The van der Waals surface area contributed by atoms with Crippen molar-refractivity contribution in [2.75, 3.05) is 0 Å². The van der Waals surface area contributed by atoms with E-state index in [1.807, 2.05) is 0 Å². The van der Waals surface area contributed by atoms with Crippen LogP contribution >= 0.6 is 31.9 Å². The van der Waals surface area contributed by atoms with Crippen molar-refractivity contribution in [3.8, 4) is 0 Å². The molecule has 0 bridgehead atoms. The van der Waals surface area contributed by atoms with Gasteiger partial charge in [-0.1, -0.05) is 22.0 Å². The highest BCUT2D eigenvalue weighted by Crippen LogP contribution is 2.36. The first-order valence-electron chi connectivity index (χ1n) is 5.13. The molecule has 0 radical (unpaired) electrons. The second kappa shape index (κ2) is 5.63. The number of alkyl halides is 1. The van der Waals surface area contributed by atoms with Gasteiger partial charge < -0.3 is 0 Å². The van der Waals surface area contributed by atoms with E-state index in [9.17, 15) is 17.6 Å². The van der Waals surface area contributed by atoms with Crippen LogP contribution in [0.2, 0.25) is 0 Å². The molecule has 0 aliphatic heterocycles. The second-order valence-corrected chi connectivity index (χ2v) is 5.59. The van der Waals surface area contributed by atoms with E-state index in [1.54, 1.807) is 0 Å². The van der Waals surface area contributed by atoms with Crippen LogP contribution in [0.15, 0.2) is 34.8 Å². The maximum atomic E-state index is 13.6. The average Bonchev–Trinajstić information content (AvgIpc) is 2.31. The highest BCUT2D eigenvalue weighted by Gasteiger charge is 2.21. The summed E-state index contributed by atoms with van der Waals surface area (Å²) in [7, 11) is 0. The number of halogens is 6. The van der Waals surface area contributed by atoms with Gasteiger partial charge in [0.1, 0.15) is 23.3 Å². The van der Waals surface area contributed by atoms with Crippen molar-refractivity contribution in [3.63, 3.8) is 0 Å². The molecule has 1 atom stereocenters. The molecular formula is C13H6Br2F4. The minimum atomic E-state index is -1.00. The zero-order valence-electron chi connectivity index (χ0n) is 9.23. The van der Waals surface area contributed by atoms with Crippen molar-refractivity contribution in [1.82, 2.24) is 0 Å². The Morgan fingerprint density at radius 2 is 1.42 bits per heavy atom. The maximum absolute atomic E-state index is 13.6. The highest BCUT2D eigenvalue weighted by atomic mass is 79.9. The molecular weight excluding hydrogens is 392 g/mol. The summed E-state index contributed by atoms with van der Waals surface area (Å²) in [4.78, 5) is -0.843. The summed E-state index contributed by atoms with van der Waals surface area (Å²) < 4.78 is 53.4. The Labute approximate surface area is 123 Å². The Bertz CT molecular complexity index is 605.